The molecule has 114 valence electrons. The van der Waals surface area contributed by atoms with Crippen molar-refractivity contribution < 1.29 is 18.3 Å². The normalized spacial score (nSPS) is 12.7. The first-order valence-electron chi connectivity index (χ1n) is 6.51. The van der Waals surface area contributed by atoms with Gasteiger partial charge in [0.1, 0.15) is 12.4 Å². The van der Waals surface area contributed by atoms with Gasteiger partial charge in [0.2, 0.25) is 0 Å². The summed E-state index contributed by atoms with van der Waals surface area (Å²) >= 11 is 3.44. The maximum absolute atomic E-state index is 12.0. The molecule has 0 fully saturated rings. The van der Waals surface area contributed by atoms with E-state index >= 15 is 0 Å². The molecule has 1 aromatic rings. The molecule has 0 saturated carbocycles. The summed E-state index contributed by atoms with van der Waals surface area (Å²) in [6.45, 7) is 2.59. The molecule has 1 rings (SSSR count). The van der Waals surface area contributed by atoms with E-state index in [0.29, 0.717) is 13.0 Å². The summed E-state index contributed by atoms with van der Waals surface area (Å²) < 4.78 is 35.0. The summed E-state index contributed by atoms with van der Waals surface area (Å²) in [5, 5.41) is 3.32. The number of ether oxygens (including phenoxy) is 2. The Labute approximate surface area is 126 Å². The lowest BCUT2D eigenvalue weighted by Gasteiger charge is -2.19. The predicted octanol–water partition coefficient (Wildman–Crippen LogP) is 3.78. The molecule has 0 amide bonds. The van der Waals surface area contributed by atoms with Crippen molar-refractivity contribution in [3.05, 3.63) is 28.2 Å². The quantitative estimate of drug-likeness (QED) is 0.686. The zero-order chi connectivity index (χ0) is 15.0. The minimum Gasteiger partial charge on any atom is -0.496 e. The predicted molar refractivity (Wildman–Crippen MR) is 78.6 cm³/mol. The monoisotopic (exact) mass is 351 g/mol. The van der Waals surface area contributed by atoms with Crippen LogP contribution < -0.4 is 10.1 Å². The number of hydrogen-bond acceptors (Lipinski definition) is 3. The average molecular weight is 352 g/mol. The minimum atomic E-state index is -2.41. The lowest BCUT2D eigenvalue weighted by Crippen LogP contribution is -2.23. The smallest absolute Gasteiger partial charge is 0.261 e. The van der Waals surface area contributed by atoms with Crippen molar-refractivity contribution in [2.24, 2.45) is 0 Å². The molecule has 0 spiro atoms. The van der Waals surface area contributed by atoms with Gasteiger partial charge in [0.25, 0.3) is 6.43 Å². The zero-order valence-corrected chi connectivity index (χ0v) is 13.3. The molecule has 0 aliphatic rings. The number of rotatable bonds is 9. The van der Waals surface area contributed by atoms with Gasteiger partial charge in [-0.05, 0) is 46.6 Å². The zero-order valence-electron chi connectivity index (χ0n) is 11.7. The molecule has 0 aromatic heterocycles. The summed E-state index contributed by atoms with van der Waals surface area (Å²) in [6, 6.07) is 5.88. The molecule has 1 unspecified atom stereocenters. The molecule has 1 atom stereocenters. The van der Waals surface area contributed by atoms with Crippen LogP contribution in [-0.4, -0.2) is 33.3 Å². The maximum atomic E-state index is 12.0. The summed E-state index contributed by atoms with van der Waals surface area (Å²) in [4.78, 5) is 0. The van der Waals surface area contributed by atoms with Gasteiger partial charge in [-0.1, -0.05) is 13.0 Å². The fourth-order valence-electron chi connectivity index (χ4n) is 1.91. The number of hydrogen-bond donors (Lipinski definition) is 1. The second-order valence-electron chi connectivity index (χ2n) is 4.26. The van der Waals surface area contributed by atoms with E-state index in [1.165, 1.54) is 0 Å². The third-order valence-corrected chi connectivity index (χ3v) is 3.44. The van der Waals surface area contributed by atoms with Gasteiger partial charge in [0, 0.05) is 12.6 Å². The molecule has 0 heterocycles. The summed E-state index contributed by atoms with van der Waals surface area (Å²) in [5.41, 5.74) is 1.07. The van der Waals surface area contributed by atoms with E-state index in [9.17, 15) is 8.78 Å². The summed E-state index contributed by atoms with van der Waals surface area (Å²) in [6.07, 6.45) is -1.78. The first-order chi connectivity index (χ1) is 9.58. The van der Waals surface area contributed by atoms with Crippen molar-refractivity contribution in [1.82, 2.24) is 5.32 Å². The number of nitrogens with one attached hydrogen (secondary N) is 1. The van der Waals surface area contributed by atoms with Crippen LogP contribution in [0.15, 0.2) is 22.7 Å². The van der Waals surface area contributed by atoms with E-state index in [1.807, 2.05) is 25.1 Å². The van der Waals surface area contributed by atoms with Gasteiger partial charge in [-0.25, -0.2) is 8.78 Å². The van der Waals surface area contributed by atoms with E-state index in [4.69, 9.17) is 9.47 Å². The Morgan fingerprint density at radius 3 is 2.65 bits per heavy atom. The van der Waals surface area contributed by atoms with Crippen LogP contribution in [0, 0.1) is 0 Å². The molecular weight excluding hydrogens is 332 g/mol. The highest BCUT2D eigenvalue weighted by Gasteiger charge is 2.13. The van der Waals surface area contributed by atoms with Gasteiger partial charge < -0.3 is 14.8 Å². The Morgan fingerprint density at radius 2 is 2.10 bits per heavy atom. The second kappa shape index (κ2) is 9.26. The molecule has 0 saturated heterocycles. The van der Waals surface area contributed by atoms with Gasteiger partial charge in [0.05, 0.1) is 11.6 Å². The molecule has 0 aliphatic carbocycles. The number of halogens is 3. The van der Waals surface area contributed by atoms with E-state index in [1.54, 1.807) is 7.11 Å². The Balaban J connectivity index is 2.62. The van der Waals surface area contributed by atoms with E-state index < -0.39 is 13.0 Å². The van der Waals surface area contributed by atoms with Crippen LogP contribution in [0.3, 0.4) is 0 Å². The Bertz CT molecular complexity index is 405. The van der Waals surface area contributed by atoms with Crippen LogP contribution in [0.2, 0.25) is 0 Å². The molecule has 20 heavy (non-hydrogen) atoms. The van der Waals surface area contributed by atoms with Crippen molar-refractivity contribution in [2.75, 3.05) is 26.9 Å². The fraction of sp³-hybridized carbons (Fsp3) is 0.571. The molecular formula is C14H20BrF2NO2. The van der Waals surface area contributed by atoms with Crippen LogP contribution in [0.5, 0.6) is 5.75 Å². The third-order valence-electron chi connectivity index (χ3n) is 2.82. The molecule has 0 aliphatic heterocycles. The van der Waals surface area contributed by atoms with Gasteiger partial charge in [0.15, 0.2) is 0 Å². The number of alkyl halides is 2. The van der Waals surface area contributed by atoms with Crippen LogP contribution in [0.1, 0.15) is 24.9 Å². The molecule has 0 bridgehead atoms. The first-order valence-corrected chi connectivity index (χ1v) is 7.30. The van der Waals surface area contributed by atoms with Gasteiger partial charge in [-0.2, -0.15) is 0 Å². The molecule has 6 heteroatoms. The van der Waals surface area contributed by atoms with E-state index in [0.717, 1.165) is 22.3 Å². The third kappa shape index (κ3) is 5.73. The molecule has 3 nitrogen and oxygen atoms in total. The average Bonchev–Trinajstić information content (AvgIpc) is 2.42. The maximum Gasteiger partial charge on any atom is 0.261 e. The lowest BCUT2D eigenvalue weighted by molar-refractivity contribution is 0.0144. The number of benzene rings is 1. The SMILES string of the molecule is CCNC(CCOCC(F)F)c1ccc(OC)c(Br)c1. The largest absolute Gasteiger partial charge is 0.496 e. The van der Waals surface area contributed by atoms with E-state index in [-0.39, 0.29) is 6.04 Å². The van der Waals surface area contributed by atoms with Gasteiger partial charge in [-0.3, -0.25) is 0 Å². The van der Waals surface area contributed by atoms with Gasteiger partial charge >= 0.3 is 0 Å². The summed E-state index contributed by atoms with van der Waals surface area (Å²) in [5.74, 6) is 0.762. The highest BCUT2D eigenvalue weighted by molar-refractivity contribution is 9.10. The summed E-state index contributed by atoms with van der Waals surface area (Å²) in [7, 11) is 1.61. The lowest BCUT2D eigenvalue weighted by atomic mass is 10.0. The Morgan fingerprint density at radius 1 is 1.35 bits per heavy atom. The van der Waals surface area contributed by atoms with Crippen molar-refractivity contribution in [1.29, 1.82) is 0 Å². The highest BCUT2D eigenvalue weighted by atomic mass is 79.9. The Hall–Kier alpha value is -0.720. The Kier molecular flexibility index (Phi) is 8.02. The minimum absolute atomic E-state index is 0.0693. The second-order valence-corrected chi connectivity index (χ2v) is 5.11. The highest BCUT2D eigenvalue weighted by Crippen LogP contribution is 2.29. The fourth-order valence-corrected chi connectivity index (χ4v) is 2.46. The van der Waals surface area contributed by atoms with Crippen molar-refractivity contribution in [3.63, 3.8) is 0 Å². The topological polar surface area (TPSA) is 30.5 Å². The van der Waals surface area contributed by atoms with E-state index in [2.05, 4.69) is 21.2 Å². The van der Waals surface area contributed by atoms with Gasteiger partial charge in [-0.15, -0.1) is 0 Å². The van der Waals surface area contributed by atoms with Crippen LogP contribution in [0.25, 0.3) is 0 Å². The first kappa shape index (κ1) is 17.3. The van der Waals surface area contributed by atoms with Crippen molar-refractivity contribution in [2.45, 2.75) is 25.8 Å². The molecule has 1 aromatic carbocycles. The van der Waals surface area contributed by atoms with Crippen molar-refractivity contribution in [3.8, 4) is 5.75 Å². The van der Waals surface area contributed by atoms with Crippen LogP contribution in [0.4, 0.5) is 8.78 Å². The van der Waals surface area contributed by atoms with Crippen molar-refractivity contribution >= 4 is 15.9 Å². The molecule has 1 N–H and O–H groups in total. The van der Waals surface area contributed by atoms with Crippen LogP contribution >= 0.6 is 15.9 Å². The van der Waals surface area contributed by atoms with Crippen LogP contribution in [-0.2, 0) is 4.74 Å². The standard InChI is InChI=1S/C14H20BrF2NO2/c1-3-18-12(6-7-20-9-14(16)17)10-4-5-13(19-2)11(15)8-10/h4-5,8,12,14,18H,3,6-7,9H2,1-2H3. The molecule has 0 radical (unpaired) electrons. The number of methoxy groups -OCH3 is 1.